The molecule has 1 aliphatic carbocycles. The molecule has 1 heterocycles. The molecule has 1 amide bonds. The third-order valence-corrected chi connectivity index (χ3v) is 5.67. The first-order valence-electron chi connectivity index (χ1n) is 8.94. The lowest BCUT2D eigenvalue weighted by Gasteiger charge is -2.42. The molecule has 0 bridgehead atoms. The first-order chi connectivity index (χ1) is 11.4. The van der Waals surface area contributed by atoms with Crippen molar-refractivity contribution in [1.82, 2.24) is 0 Å². The summed E-state index contributed by atoms with van der Waals surface area (Å²) >= 11 is 0. The fourth-order valence-electron chi connectivity index (χ4n) is 3.94. The highest BCUT2D eigenvalue weighted by Crippen LogP contribution is 2.41. The van der Waals surface area contributed by atoms with Crippen molar-refractivity contribution in [2.24, 2.45) is 11.7 Å². The van der Waals surface area contributed by atoms with Crippen LogP contribution in [0.5, 0.6) is 0 Å². The Labute approximate surface area is 145 Å². The predicted octanol–water partition coefficient (Wildman–Crippen LogP) is 4.59. The second kappa shape index (κ2) is 6.56. The maximum absolute atomic E-state index is 12.2. The first-order valence-corrected chi connectivity index (χ1v) is 8.94. The third-order valence-electron chi connectivity index (χ3n) is 5.67. The van der Waals surface area contributed by atoms with Gasteiger partial charge in [0.2, 0.25) is 5.91 Å². The Morgan fingerprint density at radius 2 is 2.00 bits per heavy atom. The SMILES string of the molecule is CC(=O)N1c2ccc(C3=CCC(C)=CCC3)cc2C(N)C(C)C1C. The number of hydrogen-bond acceptors (Lipinski definition) is 2. The Hall–Kier alpha value is -1.87. The molecule has 0 saturated carbocycles. The molecule has 0 aromatic heterocycles. The van der Waals surface area contributed by atoms with Crippen LogP contribution in [0.3, 0.4) is 0 Å². The van der Waals surface area contributed by atoms with Crippen LogP contribution >= 0.6 is 0 Å². The third kappa shape index (κ3) is 2.93. The molecule has 1 aromatic carbocycles. The summed E-state index contributed by atoms with van der Waals surface area (Å²) < 4.78 is 0. The molecule has 0 spiro atoms. The zero-order chi connectivity index (χ0) is 17.4. The van der Waals surface area contributed by atoms with Crippen LogP contribution < -0.4 is 10.6 Å². The Balaban J connectivity index is 2.02. The van der Waals surface area contributed by atoms with E-state index in [0.29, 0.717) is 0 Å². The summed E-state index contributed by atoms with van der Waals surface area (Å²) in [7, 11) is 0. The number of carbonyl (C=O) groups is 1. The van der Waals surface area contributed by atoms with E-state index in [2.05, 4.69) is 51.1 Å². The number of nitrogens with zero attached hydrogens (tertiary/aromatic N) is 1. The number of benzene rings is 1. The van der Waals surface area contributed by atoms with E-state index in [-0.39, 0.29) is 23.9 Å². The second-order valence-corrected chi connectivity index (χ2v) is 7.31. The van der Waals surface area contributed by atoms with Gasteiger partial charge >= 0.3 is 0 Å². The van der Waals surface area contributed by atoms with Crippen LogP contribution in [0.4, 0.5) is 5.69 Å². The van der Waals surface area contributed by atoms with Crippen molar-refractivity contribution in [2.45, 2.75) is 59.0 Å². The van der Waals surface area contributed by atoms with Gasteiger partial charge in [-0.3, -0.25) is 4.79 Å². The Morgan fingerprint density at radius 1 is 1.25 bits per heavy atom. The lowest BCUT2D eigenvalue weighted by atomic mass is 9.82. The quantitative estimate of drug-likeness (QED) is 0.768. The van der Waals surface area contributed by atoms with E-state index in [9.17, 15) is 4.79 Å². The van der Waals surface area contributed by atoms with E-state index in [4.69, 9.17) is 5.73 Å². The van der Waals surface area contributed by atoms with Crippen LogP contribution in [0.25, 0.3) is 5.57 Å². The minimum Gasteiger partial charge on any atom is -0.324 e. The molecule has 0 radical (unpaired) electrons. The molecule has 3 nitrogen and oxygen atoms in total. The summed E-state index contributed by atoms with van der Waals surface area (Å²) in [4.78, 5) is 14.1. The number of anilines is 1. The van der Waals surface area contributed by atoms with Gasteiger partial charge in [0, 0.05) is 24.7 Å². The average Bonchev–Trinajstić information content (AvgIpc) is 2.77. The fraction of sp³-hybridized carbons (Fsp3) is 0.476. The number of carbonyl (C=O) groups excluding carboxylic acids is 1. The fourth-order valence-corrected chi connectivity index (χ4v) is 3.94. The van der Waals surface area contributed by atoms with E-state index in [1.807, 2.05) is 4.90 Å². The molecule has 24 heavy (non-hydrogen) atoms. The van der Waals surface area contributed by atoms with Crippen LogP contribution in [0, 0.1) is 5.92 Å². The van der Waals surface area contributed by atoms with Gasteiger partial charge < -0.3 is 10.6 Å². The summed E-state index contributed by atoms with van der Waals surface area (Å²) in [6.45, 7) is 8.06. The molecule has 3 unspecified atom stereocenters. The maximum atomic E-state index is 12.2. The van der Waals surface area contributed by atoms with Crippen molar-refractivity contribution < 1.29 is 4.79 Å². The number of allylic oxidation sites excluding steroid dienone is 4. The highest BCUT2D eigenvalue weighted by molar-refractivity contribution is 5.94. The average molecular weight is 324 g/mol. The summed E-state index contributed by atoms with van der Waals surface area (Å²) in [6, 6.07) is 6.54. The number of fused-ring (bicyclic) bond motifs is 1. The van der Waals surface area contributed by atoms with E-state index < -0.39 is 0 Å². The number of nitrogens with two attached hydrogens (primary N) is 1. The topological polar surface area (TPSA) is 46.3 Å². The monoisotopic (exact) mass is 324 g/mol. The van der Waals surface area contributed by atoms with Crippen molar-refractivity contribution in [1.29, 1.82) is 0 Å². The highest BCUT2D eigenvalue weighted by Gasteiger charge is 2.36. The minimum atomic E-state index is -0.0308. The predicted molar refractivity (Wildman–Crippen MR) is 101 cm³/mol. The van der Waals surface area contributed by atoms with Gasteiger partial charge in [0.25, 0.3) is 0 Å². The smallest absolute Gasteiger partial charge is 0.224 e. The lowest BCUT2D eigenvalue weighted by Crippen LogP contribution is -2.48. The van der Waals surface area contributed by atoms with Gasteiger partial charge in [0.05, 0.1) is 0 Å². The standard InChI is InChI=1S/C21H28N2O/c1-13-6-5-7-17(9-8-13)18-10-11-20-19(12-18)21(22)14(2)15(3)23(20)16(4)24/h6,9-12,14-15,21H,5,7-8,22H2,1-4H3. The largest absolute Gasteiger partial charge is 0.324 e. The Bertz CT molecular complexity index is 717. The normalized spacial score (nSPS) is 27.0. The van der Waals surface area contributed by atoms with Crippen molar-refractivity contribution in [3.8, 4) is 0 Å². The molecule has 0 saturated heterocycles. The van der Waals surface area contributed by atoms with E-state index in [1.54, 1.807) is 6.92 Å². The Kier molecular flexibility index (Phi) is 4.64. The van der Waals surface area contributed by atoms with E-state index >= 15 is 0 Å². The van der Waals surface area contributed by atoms with E-state index in [0.717, 1.165) is 30.5 Å². The summed E-state index contributed by atoms with van der Waals surface area (Å²) in [5, 5.41) is 0. The van der Waals surface area contributed by atoms with Gasteiger partial charge in [-0.15, -0.1) is 0 Å². The van der Waals surface area contributed by atoms with Crippen LogP contribution in [0.15, 0.2) is 35.9 Å². The van der Waals surface area contributed by atoms with Crippen molar-refractivity contribution in [2.75, 3.05) is 4.90 Å². The second-order valence-electron chi connectivity index (χ2n) is 7.31. The maximum Gasteiger partial charge on any atom is 0.224 e. The van der Waals surface area contributed by atoms with Crippen LogP contribution in [-0.2, 0) is 4.79 Å². The van der Waals surface area contributed by atoms with Crippen molar-refractivity contribution in [3.05, 3.63) is 47.1 Å². The van der Waals surface area contributed by atoms with Gasteiger partial charge in [-0.2, -0.15) is 0 Å². The molecular formula is C21H28N2O. The molecule has 128 valence electrons. The summed E-state index contributed by atoms with van der Waals surface area (Å²) in [5.41, 5.74) is 12.7. The molecule has 2 N–H and O–H groups in total. The molecule has 1 aromatic rings. The van der Waals surface area contributed by atoms with Crippen LogP contribution in [0.1, 0.15) is 64.1 Å². The molecule has 3 rings (SSSR count). The van der Waals surface area contributed by atoms with Gasteiger partial charge in [-0.1, -0.05) is 30.7 Å². The number of hydrogen-bond donors (Lipinski definition) is 1. The van der Waals surface area contributed by atoms with Crippen molar-refractivity contribution >= 4 is 17.2 Å². The molecule has 3 heteroatoms. The minimum absolute atomic E-state index is 0.0308. The van der Waals surface area contributed by atoms with Gasteiger partial charge in [0.1, 0.15) is 0 Å². The van der Waals surface area contributed by atoms with Crippen LogP contribution in [-0.4, -0.2) is 11.9 Å². The molecule has 1 aliphatic heterocycles. The zero-order valence-electron chi connectivity index (χ0n) is 15.2. The highest BCUT2D eigenvalue weighted by atomic mass is 16.2. The number of amides is 1. The van der Waals surface area contributed by atoms with E-state index in [1.165, 1.54) is 16.7 Å². The Morgan fingerprint density at radius 3 is 2.71 bits per heavy atom. The summed E-state index contributed by atoms with van der Waals surface area (Å²) in [5.74, 6) is 0.326. The zero-order valence-corrected chi connectivity index (χ0v) is 15.2. The lowest BCUT2D eigenvalue weighted by molar-refractivity contribution is -0.117. The summed E-state index contributed by atoms with van der Waals surface area (Å²) in [6.07, 6.45) is 7.84. The molecular weight excluding hydrogens is 296 g/mol. The molecule has 0 fully saturated rings. The molecule has 2 aliphatic rings. The van der Waals surface area contributed by atoms with Crippen LogP contribution in [0.2, 0.25) is 0 Å². The number of rotatable bonds is 1. The van der Waals surface area contributed by atoms with Gasteiger partial charge in [-0.25, -0.2) is 0 Å². The van der Waals surface area contributed by atoms with Gasteiger partial charge in [-0.05, 0) is 67.9 Å². The first kappa shape index (κ1) is 17.0. The molecule has 3 atom stereocenters. The van der Waals surface area contributed by atoms with Crippen molar-refractivity contribution in [3.63, 3.8) is 0 Å². The van der Waals surface area contributed by atoms with Gasteiger partial charge in [0.15, 0.2) is 0 Å².